The summed E-state index contributed by atoms with van der Waals surface area (Å²) in [7, 11) is 0. The molecule has 1 aliphatic rings. The molecule has 1 atom stereocenters. The minimum Gasteiger partial charge on any atom is -0.315 e. The second kappa shape index (κ2) is 6.41. The van der Waals surface area contributed by atoms with Gasteiger partial charge in [-0.25, -0.2) is 0 Å². The summed E-state index contributed by atoms with van der Waals surface area (Å²) in [5, 5.41) is 3.47. The van der Waals surface area contributed by atoms with E-state index < -0.39 is 0 Å². The predicted molar refractivity (Wildman–Crippen MR) is 62.6 cm³/mol. The molecule has 2 nitrogen and oxygen atoms in total. The Kier molecular flexibility index (Phi) is 5.49. The number of nitrogens with one attached hydrogen (secondary N) is 1. The van der Waals surface area contributed by atoms with Crippen molar-refractivity contribution in [1.29, 1.82) is 0 Å². The predicted octanol–water partition coefficient (Wildman–Crippen LogP) is 2.11. The molecule has 2 heteroatoms. The van der Waals surface area contributed by atoms with Crippen molar-refractivity contribution < 1.29 is 0 Å². The summed E-state index contributed by atoms with van der Waals surface area (Å²) in [6, 6.07) is 0.775. The van der Waals surface area contributed by atoms with Gasteiger partial charge in [0.1, 0.15) is 0 Å². The molecule has 1 saturated heterocycles. The topological polar surface area (TPSA) is 15.3 Å². The quantitative estimate of drug-likeness (QED) is 0.744. The first kappa shape index (κ1) is 12.0. The fraction of sp³-hybridized carbons (Fsp3) is 1.00. The normalized spacial score (nSPS) is 25.3. The number of hydrogen-bond donors (Lipinski definition) is 1. The Hall–Kier alpha value is -0.0800. The van der Waals surface area contributed by atoms with Crippen molar-refractivity contribution in [2.24, 2.45) is 5.92 Å². The van der Waals surface area contributed by atoms with Crippen LogP contribution in [0.3, 0.4) is 0 Å². The molecule has 0 bridgehead atoms. The Morgan fingerprint density at radius 3 is 2.86 bits per heavy atom. The first-order chi connectivity index (χ1) is 6.70. The van der Waals surface area contributed by atoms with Gasteiger partial charge < -0.3 is 5.32 Å². The SMILES string of the molecule is CC(C)CCCN1CCNCCC1C. The Morgan fingerprint density at radius 1 is 1.36 bits per heavy atom. The van der Waals surface area contributed by atoms with E-state index in [2.05, 4.69) is 31.0 Å². The van der Waals surface area contributed by atoms with Gasteiger partial charge >= 0.3 is 0 Å². The van der Waals surface area contributed by atoms with Crippen molar-refractivity contribution >= 4 is 0 Å². The zero-order valence-corrected chi connectivity index (χ0v) is 10.1. The lowest BCUT2D eigenvalue weighted by Crippen LogP contribution is -2.35. The number of hydrogen-bond acceptors (Lipinski definition) is 2. The molecular formula is C12H26N2. The Bertz CT molecular complexity index is 145. The highest BCUT2D eigenvalue weighted by Crippen LogP contribution is 2.10. The monoisotopic (exact) mass is 198 g/mol. The van der Waals surface area contributed by atoms with E-state index in [1.807, 2.05) is 0 Å². The molecule has 14 heavy (non-hydrogen) atoms. The van der Waals surface area contributed by atoms with E-state index in [0.29, 0.717) is 0 Å². The van der Waals surface area contributed by atoms with Crippen LogP contribution in [0.1, 0.15) is 40.0 Å². The van der Waals surface area contributed by atoms with Crippen LogP contribution in [-0.4, -0.2) is 37.1 Å². The van der Waals surface area contributed by atoms with Crippen LogP contribution in [0.25, 0.3) is 0 Å². The van der Waals surface area contributed by atoms with Crippen molar-refractivity contribution in [3.8, 4) is 0 Å². The van der Waals surface area contributed by atoms with Gasteiger partial charge in [-0.2, -0.15) is 0 Å². The van der Waals surface area contributed by atoms with E-state index in [4.69, 9.17) is 0 Å². The first-order valence-electron chi connectivity index (χ1n) is 6.15. The number of rotatable bonds is 4. The second-order valence-corrected chi connectivity index (χ2v) is 4.96. The molecule has 0 radical (unpaired) electrons. The summed E-state index contributed by atoms with van der Waals surface area (Å²) in [4.78, 5) is 2.64. The van der Waals surface area contributed by atoms with Gasteiger partial charge in [0.15, 0.2) is 0 Å². The molecule has 1 N–H and O–H groups in total. The van der Waals surface area contributed by atoms with E-state index in [1.54, 1.807) is 0 Å². The summed E-state index contributed by atoms with van der Waals surface area (Å²) in [5.41, 5.74) is 0. The lowest BCUT2D eigenvalue weighted by molar-refractivity contribution is 0.213. The molecule has 0 aromatic heterocycles. The maximum Gasteiger partial charge on any atom is 0.0110 e. The average molecular weight is 198 g/mol. The highest BCUT2D eigenvalue weighted by molar-refractivity contribution is 4.73. The van der Waals surface area contributed by atoms with Crippen LogP contribution in [0.4, 0.5) is 0 Å². The van der Waals surface area contributed by atoms with Gasteiger partial charge in [-0.05, 0) is 45.2 Å². The maximum atomic E-state index is 3.47. The van der Waals surface area contributed by atoms with Gasteiger partial charge in [0.05, 0.1) is 0 Å². The average Bonchev–Trinajstić information content (AvgIpc) is 2.31. The molecule has 1 unspecified atom stereocenters. The second-order valence-electron chi connectivity index (χ2n) is 4.96. The highest BCUT2D eigenvalue weighted by atomic mass is 15.2. The van der Waals surface area contributed by atoms with Crippen LogP contribution >= 0.6 is 0 Å². The molecule has 1 aliphatic heterocycles. The Morgan fingerprint density at radius 2 is 2.14 bits per heavy atom. The van der Waals surface area contributed by atoms with E-state index in [9.17, 15) is 0 Å². The molecule has 84 valence electrons. The van der Waals surface area contributed by atoms with Crippen LogP contribution in [0.15, 0.2) is 0 Å². The molecule has 1 heterocycles. The summed E-state index contributed by atoms with van der Waals surface area (Å²) < 4.78 is 0. The fourth-order valence-electron chi connectivity index (χ4n) is 2.10. The first-order valence-corrected chi connectivity index (χ1v) is 6.15. The Labute approximate surface area is 89.1 Å². The van der Waals surface area contributed by atoms with Crippen LogP contribution < -0.4 is 5.32 Å². The van der Waals surface area contributed by atoms with Gasteiger partial charge in [0.2, 0.25) is 0 Å². The molecule has 0 spiro atoms. The minimum absolute atomic E-state index is 0.775. The van der Waals surface area contributed by atoms with E-state index in [1.165, 1.54) is 45.4 Å². The van der Waals surface area contributed by atoms with Gasteiger partial charge in [0.25, 0.3) is 0 Å². The smallest absolute Gasteiger partial charge is 0.0110 e. The fourth-order valence-corrected chi connectivity index (χ4v) is 2.10. The third-order valence-corrected chi connectivity index (χ3v) is 3.16. The summed E-state index contributed by atoms with van der Waals surface area (Å²) >= 11 is 0. The van der Waals surface area contributed by atoms with Crippen LogP contribution in [0, 0.1) is 5.92 Å². The van der Waals surface area contributed by atoms with Crippen LogP contribution in [0.5, 0.6) is 0 Å². The van der Waals surface area contributed by atoms with Crippen molar-refractivity contribution in [3.05, 3.63) is 0 Å². The van der Waals surface area contributed by atoms with Crippen LogP contribution in [0.2, 0.25) is 0 Å². The van der Waals surface area contributed by atoms with Gasteiger partial charge in [0, 0.05) is 19.1 Å². The third-order valence-electron chi connectivity index (χ3n) is 3.16. The van der Waals surface area contributed by atoms with Gasteiger partial charge in [-0.3, -0.25) is 4.90 Å². The standard InChI is InChI=1S/C12H26N2/c1-11(2)5-4-9-14-10-8-13-7-6-12(14)3/h11-13H,4-10H2,1-3H3. The van der Waals surface area contributed by atoms with Crippen molar-refractivity contribution in [1.82, 2.24) is 10.2 Å². The highest BCUT2D eigenvalue weighted by Gasteiger charge is 2.15. The zero-order chi connectivity index (χ0) is 10.4. The molecule has 1 rings (SSSR count). The van der Waals surface area contributed by atoms with Crippen molar-refractivity contribution in [3.63, 3.8) is 0 Å². The summed E-state index contributed by atoms with van der Waals surface area (Å²) in [6.45, 7) is 11.9. The van der Waals surface area contributed by atoms with Gasteiger partial charge in [-0.15, -0.1) is 0 Å². The van der Waals surface area contributed by atoms with E-state index >= 15 is 0 Å². The van der Waals surface area contributed by atoms with Gasteiger partial charge in [-0.1, -0.05) is 13.8 Å². The lowest BCUT2D eigenvalue weighted by Gasteiger charge is -2.26. The van der Waals surface area contributed by atoms with Crippen molar-refractivity contribution in [2.75, 3.05) is 26.2 Å². The Balaban J connectivity index is 2.19. The molecular weight excluding hydrogens is 172 g/mol. The molecule has 0 aromatic rings. The van der Waals surface area contributed by atoms with E-state index in [-0.39, 0.29) is 0 Å². The van der Waals surface area contributed by atoms with E-state index in [0.717, 1.165) is 12.0 Å². The third kappa shape index (κ3) is 4.43. The largest absolute Gasteiger partial charge is 0.315 e. The van der Waals surface area contributed by atoms with Crippen molar-refractivity contribution in [2.45, 2.75) is 46.1 Å². The molecule has 0 aromatic carbocycles. The molecule has 0 amide bonds. The van der Waals surface area contributed by atoms with Crippen LogP contribution in [-0.2, 0) is 0 Å². The summed E-state index contributed by atoms with van der Waals surface area (Å²) in [5.74, 6) is 0.857. The number of nitrogens with zero attached hydrogens (tertiary/aromatic N) is 1. The molecule has 0 aliphatic carbocycles. The minimum atomic E-state index is 0.775. The molecule has 0 saturated carbocycles. The maximum absolute atomic E-state index is 3.47. The summed E-state index contributed by atoms with van der Waals surface area (Å²) in [6.07, 6.45) is 4.04. The zero-order valence-electron chi connectivity index (χ0n) is 10.1. The molecule has 1 fully saturated rings. The lowest BCUT2D eigenvalue weighted by atomic mass is 10.1.